The third-order valence-electron chi connectivity index (χ3n) is 6.92. The monoisotopic (exact) mass is 659 g/mol. The number of nitrogens with two attached hydrogens (primary N) is 2. The molecule has 9 atom stereocenters. The average Bonchev–Trinajstić information content (AvgIpc) is 3.69. The Morgan fingerprint density at radius 1 is 0.930 bits per heavy atom. The molecule has 6 rings (SSSR count). The molecular weight excluding hydrogens is 635 g/mol. The lowest BCUT2D eigenvalue weighted by molar-refractivity contribution is -0.0521. The zero-order valence-electron chi connectivity index (χ0n) is 21.5. The number of ether oxygens (including phenoxy) is 2. The minimum atomic E-state index is -3.64. The van der Waals surface area contributed by atoms with Crippen LogP contribution < -0.4 is 22.6 Å². The molecular formula is C20H24N10O10PS2-. The maximum Gasteiger partial charge on any atom is 0.280 e. The van der Waals surface area contributed by atoms with E-state index in [1.807, 2.05) is 0 Å². The lowest BCUT2D eigenvalue weighted by Gasteiger charge is -2.34. The Morgan fingerprint density at radius 2 is 1.44 bits per heavy atom. The predicted molar refractivity (Wildman–Crippen MR) is 151 cm³/mol. The molecule has 9 unspecified atom stereocenters. The number of aliphatic hydroxyl groups is 4. The number of hydrogen-bond acceptors (Lipinski definition) is 18. The summed E-state index contributed by atoms with van der Waals surface area (Å²) < 4.78 is 25.4. The number of aromatic nitrogens is 8. The molecule has 4 aromatic rings. The van der Waals surface area contributed by atoms with Crippen LogP contribution in [0.25, 0.3) is 22.3 Å². The summed E-state index contributed by atoms with van der Waals surface area (Å²) in [5.41, 5.74) is 6.33. The molecule has 0 radical (unpaired) electrons. The molecule has 2 aliphatic heterocycles. The molecule has 10 N–H and O–H groups in total. The third kappa shape index (κ3) is 5.33. The second-order valence-corrected chi connectivity index (χ2v) is 14.6. The van der Waals surface area contributed by atoms with E-state index in [1.54, 1.807) is 0 Å². The molecule has 4 aromatic heterocycles. The topological polar surface area (TPSA) is 297 Å². The van der Waals surface area contributed by atoms with Gasteiger partial charge < -0.3 is 62.7 Å². The fourth-order valence-corrected chi connectivity index (χ4v) is 6.84. The summed E-state index contributed by atoms with van der Waals surface area (Å²) in [5.74, 6) is -0.375. The molecule has 0 bridgehead atoms. The summed E-state index contributed by atoms with van der Waals surface area (Å²) in [7, 11) is 0. The highest BCUT2D eigenvalue weighted by atomic mass is 32.9. The molecule has 43 heavy (non-hydrogen) atoms. The maximum atomic E-state index is 12.1. The lowest BCUT2D eigenvalue weighted by Crippen LogP contribution is -2.36. The van der Waals surface area contributed by atoms with Crippen molar-refractivity contribution in [1.82, 2.24) is 39.0 Å². The van der Waals surface area contributed by atoms with Crippen LogP contribution in [0.15, 0.2) is 22.2 Å². The minimum absolute atomic E-state index is 0.0174. The van der Waals surface area contributed by atoms with E-state index in [0.717, 1.165) is 0 Å². The van der Waals surface area contributed by atoms with Gasteiger partial charge in [-0.15, -0.1) is 0 Å². The molecule has 23 heteroatoms. The van der Waals surface area contributed by atoms with Crippen LogP contribution in [0.3, 0.4) is 0 Å². The number of H-pyrrole nitrogens is 2. The highest BCUT2D eigenvalue weighted by Gasteiger charge is 2.48. The van der Waals surface area contributed by atoms with Crippen molar-refractivity contribution in [2.45, 2.75) is 49.1 Å². The fraction of sp³-hybridized carbons (Fsp3) is 0.500. The third-order valence-corrected chi connectivity index (χ3v) is 9.04. The summed E-state index contributed by atoms with van der Waals surface area (Å²) in [4.78, 5) is 44.9. The van der Waals surface area contributed by atoms with E-state index < -0.39 is 79.1 Å². The van der Waals surface area contributed by atoms with Gasteiger partial charge in [-0.05, 0) is 0 Å². The van der Waals surface area contributed by atoms with Gasteiger partial charge in [0.1, 0.15) is 36.6 Å². The first-order valence-electron chi connectivity index (χ1n) is 12.4. The molecule has 2 saturated heterocycles. The quantitative estimate of drug-likeness (QED) is 0.0671. The Labute approximate surface area is 248 Å². The van der Waals surface area contributed by atoms with Crippen molar-refractivity contribution in [2.75, 3.05) is 24.7 Å². The minimum Gasteiger partial charge on any atom is -0.691 e. The molecule has 0 spiro atoms. The summed E-state index contributed by atoms with van der Waals surface area (Å²) >= 11 is 10.7. The number of rotatable bonds is 8. The van der Waals surface area contributed by atoms with Gasteiger partial charge in [0, 0.05) is 0 Å². The standard InChI is InChI=1S/C20H25N10O10PS2/c21-19-25-13-7(15(35)27-19)23-3-29(13)17-10(33)9(32)6(39-17)2-37-41(42,43)40-12-5(1-31)38-18(11(12)34)30-4-24-8-14(30)26-20(22)28-16(8)36/h3-6,9-12,17-18,31-34H,1-2H2,(H,42,43)(H3,21,25,27,35)(H3,22,26,28,36)/p-1. The van der Waals surface area contributed by atoms with Gasteiger partial charge in [0.2, 0.25) is 11.9 Å². The lowest BCUT2D eigenvalue weighted by atomic mass is 10.1. The molecule has 0 aliphatic carbocycles. The van der Waals surface area contributed by atoms with Gasteiger partial charge in [-0.3, -0.25) is 28.7 Å². The zero-order chi connectivity index (χ0) is 30.8. The van der Waals surface area contributed by atoms with Gasteiger partial charge in [0.05, 0.1) is 31.6 Å². The zero-order valence-corrected chi connectivity index (χ0v) is 24.1. The van der Waals surface area contributed by atoms with Gasteiger partial charge in [-0.2, -0.15) is 9.97 Å². The number of fused-ring (bicyclic) bond motifs is 2. The Bertz CT molecular complexity index is 1850. The first-order chi connectivity index (χ1) is 20.4. The number of nitrogens with zero attached hydrogens (tertiary/aromatic N) is 6. The van der Waals surface area contributed by atoms with Gasteiger partial charge in [-0.1, -0.05) is 11.8 Å². The van der Waals surface area contributed by atoms with E-state index in [4.69, 9.17) is 54.0 Å². The van der Waals surface area contributed by atoms with Crippen LogP contribution in [0.2, 0.25) is 0 Å². The van der Waals surface area contributed by atoms with Crippen molar-refractivity contribution in [3.63, 3.8) is 0 Å². The molecule has 232 valence electrons. The van der Waals surface area contributed by atoms with E-state index in [-0.39, 0.29) is 34.2 Å². The highest BCUT2D eigenvalue weighted by Crippen LogP contribution is 2.51. The molecule has 20 nitrogen and oxygen atoms in total. The number of nitrogens with one attached hydrogen (secondary N) is 2. The largest absolute Gasteiger partial charge is 0.691 e. The molecule has 0 saturated carbocycles. The van der Waals surface area contributed by atoms with Crippen LogP contribution in [-0.2, 0) is 42.6 Å². The number of nitrogen functional groups attached to an aromatic ring is 2. The Kier molecular flexibility index (Phi) is 7.79. The van der Waals surface area contributed by atoms with Crippen molar-refractivity contribution in [3.05, 3.63) is 33.4 Å². The number of aliphatic hydroxyl groups excluding tert-OH is 4. The molecule has 2 aliphatic rings. The van der Waals surface area contributed by atoms with E-state index in [0.29, 0.717) is 0 Å². The van der Waals surface area contributed by atoms with Gasteiger partial charge in [-0.25, -0.2) is 9.97 Å². The highest BCUT2D eigenvalue weighted by molar-refractivity contribution is 8.51. The SMILES string of the molecule is Nc1nc2c(ncn2C2OC(COP(=S)([S-])OC3C(CO)OC(n4cnc5c(=O)[nH]c(N)nc54)C3O)C(O)C2O)c(=O)[nH]1. The van der Waals surface area contributed by atoms with Crippen molar-refractivity contribution in [2.24, 2.45) is 0 Å². The number of hydrogen-bond donors (Lipinski definition) is 8. The Morgan fingerprint density at radius 3 is 1.98 bits per heavy atom. The van der Waals surface area contributed by atoms with E-state index in [9.17, 15) is 30.0 Å². The molecule has 0 aromatic carbocycles. The summed E-state index contributed by atoms with van der Waals surface area (Å²) in [6, 6.07) is 0. The Hall–Kier alpha value is -3.02. The van der Waals surface area contributed by atoms with Crippen molar-refractivity contribution in [1.29, 1.82) is 0 Å². The smallest absolute Gasteiger partial charge is 0.280 e. The van der Waals surface area contributed by atoms with Crippen LogP contribution in [0, 0.1) is 0 Å². The Balaban J connectivity index is 1.15. The summed E-state index contributed by atoms with van der Waals surface area (Å²) in [6.07, 6.45) is -8.07. The number of aromatic amines is 2. The van der Waals surface area contributed by atoms with Crippen LogP contribution in [0.5, 0.6) is 0 Å². The average molecular weight is 660 g/mol. The second-order valence-electron chi connectivity index (χ2n) is 9.65. The van der Waals surface area contributed by atoms with Crippen LogP contribution in [0.4, 0.5) is 11.9 Å². The van der Waals surface area contributed by atoms with Crippen LogP contribution >= 0.6 is 5.69 Å². The molecule has 6 heterocycles. The normalized spacial score (nSPS) is 30.8. The summed E-state index contributed by atoms with van der Waals surface area (Å²) in [5, 5.41) is 42.3. The summed E-state index contributed by atoms with van der Waals surface area (Å²) in [6.45, 7) is -1.04. The second kappa shape index (κ2) is 11.2. The van der Waals surface area contributed by atoms with Crippen molar-refractivity contribution < 1.29 is 38.9 Å². The first kappa shape index (κ1) is 30.0. The maximum absolute atomic E-state index is 12.1. The van der Waals surface area contributed by atoms with E-state index >= 15 is 0 Å². The van der Waals surface area contributed by atoms with Crippen molar-refractivity contribution in [3.8, 4) is 0 Å². The van der Waals surface area contributed by atoms with E-state index in [2.05, 4.69) is 29.9 Å². The number of imidazole rings is 2. The van der Waals surface area contributed by atoms with Gasteiger partial charge in [0.25, 0.3) is 11.1 Å². The van der Waals surface area contributed by atoms with Gasteiger partial charge in [0.15, 0.2) is 34.8 Å². The fourth-order valence-electron chi connectivity index (χ4n) is 4.93. The van der Waals surface area contributed by atoms with Crippen LogP contribution in [0.1, 0.15) is 12.5 Å². The van der Waals surface area contributed by atoms with E-state index in [1.165, 1.54) is 21.8 Å². The first-order valence-corrected chi connectivity index (χ1v) is 16.1. The molecule has 0 amide bonds. The van der Waals surface area contributed by atoms with Gasteiger partial charge >= 0.3 is 0 Å². The number of anilines is 2. The molecule has 2 fully saturated rings. The van der Waals surface area contributed by atoms with Crippen molar-refractivity contribution >= 4 is 64.0 Å². The predicted octanol–water partition coefficient (Wildman–Crippen LogP) is -3.54. The van der Waals surface area contributed by atoms with Crippen LogP contribution in [-0.4, -0.2) is 109 Å².